The zero-order valence-corrected chi connectivity index (χ0v) is 14.8. The molecule has 0 bridgehead atoms. The topological polar surface area (TPSA) is 87.3 Å². The lowest BCUT2D eigenvalue weighted by Crippen LogP contribution is -2.47. The number of nitrogens with one attached hydrogen (secondary N) is 3. The van der Waals surface area contributed by atoms with E-state index in [2.05, 4.69) is 22.5 Å². The zero-order valence-electron chi connectivity index (χ0n) is 14.8. The van der Waals surface area contributed by atoms with Crippen molar-refractivity contribution in [1.82, 2.24) is 16.0 Å². The molecule has 6 nitrogen and oxygen atoms in total. The van der Waals surface area contributed by atoms with Crippen LogP contribution in [0.15, 0.2) is 30.9 Å². The van der Waals surface area contributed by atoms with Gasteiger partial charge in [0, 0.05) is 30.3 Å². The highest BCUT2D eigenvalue weighted by Crippen LogP contribution is 2.28. The fraction of sp³-hybridized carbons (Fsp3) is 0.450. The number of hydrogen-bond donors (Lipinski definition) is 3. The van der Waals surface area contributed by atoms with Crippen LogP contribution in [0, 0.1) is 5.92 Å². The lowest BCUT2D eigenvalue weighted by molar-refractivity contribution is -0.116. The van der Waals surface area contributed by atoms with E-state index in [1.165, 1.54) is 6.08 Å². The van der Waals surface area contributed by atoms with Gasteiger partial charge < -0.3 is 16.0 Å². The first kappa shape index (κ1) is 18.2. The molecule has 0 saturated heterocycles. The molecule has 1 atom stereocenters. The Hall–Kier alpha value is -2.63. The molecule has 3 rings (SSSR count). The molecule has 1 fully saturated rings. The largest absolute Gasteiger partial charge is 0.352 e. The molecule has 1 saturated carbocycles. The van der Waals surface area contributed by atoms with Crippen molar-refractivity contribution in [2.75, 3.05) is 13.1 Å². The highest BCUT2D eigenvalue weighted by atomic mass is 16.2. The first-order chi connectivity index (χ1) is 12.6. The van der Waals surface area contributed by atoms with E-state index in [0.717, 1.165) is 37.7 Å². The Balaban J connectivity index is 1.72. The maximum Gasteiger partial charge on any atom is 0.251 e. The molecule has 3 amide bonds. The van der Waals surface area contributed by atoms with E-state index in [1.807, 2.05) is 6.07 Å². The Morgan fingerprint density at radius 2 is 2.08 bits per heavy atom. The van der Waals surface area contributed by atoms with Gasteiger partial charge in [-0.25, -0.2) is 0 Å². The predicted octanol–water partition coefficient (Wildman–Crippen LogP) is 1.56. The summed E-state index contributed by atoms with van der Waals surface area (Å²) in [5.41, 5.74) is 2.01. The molecule has 6 heteroatoms. The second-order valence-corrected chi connectivity index (χ2v) is 6.95. The van der Waals surface area contributed by atoms with Crippen LogP contribution in [0.3, 0.4) is 0 Å². The Bertz CT molecular complexity index is 723. The molecule has 0 radical (unpaired) electrons. The van der Waals surface area contributed by atoms with Crippen LogP contribution in [0.4, 0.5) is 0 Å². The monoisotopic (exact) mass is 355 g/mol. The summed E-state index contributed by atoms with van der Waals surface area (Å²) in [4.78, 5) is 36.2. The number of amides is 3. The molecule has 1 aromatic rings. The lowest BCUT2D eigenvalue weighted by Gasteiger charge is -2.25. The van der Waals surface area contributed by atoms with E-state index < -0.39 is 0 Å². The molecule has 2 aliphatic rings. The lowest BCUT2D eigenvalue weighted by atomic mass is 9.95. The number of carbonyl (C=O) groups is 3. The van der Waals surface area contributed by atoms with E-state index in [9.17, 15) is 14.4 Å². The van der Waals surface area contributed by atoms with Crippen LogP contribution in [-0.4, -0.2) is 36.9 Å². The third-order valence-electron chi connectivity index (χ3n) is 5.26. The van der Waals surface area contributed by atoms with Crippen molar-refractivity contribution in [2.24, 2.45) is 5.92 Å². The minimum atomic E-state index is -0.243. The summed E-state index contributed by atoms with van der Waals surface area (Å²) < 4.78 is 0. The number of benzene rings is 1. The van der Waals surface area contributed by atoms with Gasteiger partial charge in [0.1, 0.15) is 0 Å². The highest BCUT2D eigenvalue weighted by Gasteiger charge is 2.27. The quantitative estimate of drug-likeness (QED) is 0.677. The first-order valence-electron chi connectivity index (χ1n) is 9.20. The van der Waals surface area contributed by atoms with Gasteiger partial charge in [0.2, 0.25) is 5.91 Å². The van der Waals surface area contributed by atoms with Gasteiger partial charge in [-0.05, 0) is 49.0 Å². The van der Waals surface area contributed by atoms with Crippen LogP contribution < -0.4 is 16.0 Å². The minimum absolute atomic E-state index is 0.126. The Morgan fingerprint density at radius 3 is 2.81 bits per heavy atom. The normalized spacial score (nSPS) is 17.8. The zero-order chi connectivity index (χ0) is 18.5. The van der Waals surface area contributed by atoms with Crippen LogP contribution >= 0.6 is 0 Å². The van der Waals surface area contributed by atoms with Gasteiger partial charge in [0.15, 0.2) is 0 Å². The van der Waals surface area contributed by atoms with Gasteiger partial charge >= 0.3 is 0 Å². The van der Waals surface area contributed by atoms with Gasteiger partial charge in [-0.1, -0.05) is 25.5 Å². The van der Waals surface area contributed by atoms with Gasteiger partial charge in [0.05, 0.1) is 0 Å². The average molecular weight is 355 g/mol. The van der Waals surface area contributed by atoms with Crippen molar-refractivity contribution in [2.45, 2.75) is 38.1 Å². The highest BCUT2D eigenvalue weighted by molar-refractivity contribution is 6.01. The maximum atomic E-state index is 12.7. The van der Waals surface area contributed by atoms with E-state index in [4.69, 9.17) is 0 Å². The minimum Gasteiger partial charge on any atom is -0.352 e. The predicted molar refractivity (Wildman–Crippen MR) is 98.9 cm³/mol. The van der Waals surface area contributed by atoms with Crippen LogP contribution in [0.2, 0.25) is 0 Å². The fourth-order valence-electron chi connectivity index (χ4n) is 3.78. The van der Waals surface area contributed by atoms with Crippen molar-refractivity contribution in [1.29, 1.82) is 0 Å². The molecule has 1 aliphatic carbocycles. The van der Waals surface area contributed by atoms with Crippen molar-refractivity contribution >= 4 is 17.7 Å². The summed E-state index contributed by atoms with van der Waals surface area (Å²) >= 11 is 0. The second-order valence-electron chi connectivity index (χ2n) is 6.95. The molecule has 3 N–H and O–H groups in total. The fourth-order valence-corrected chi connectivity index (χ4v) is 3.78. The van der Waals surface area contributed by atoms with Crippen LogP contribution in [0.5, 0.6) is 0 Å². The van der Waals surface area contributed by atoms with E-state index >= 15 is 0 Å². The second kappa shape index (κ2) is 8.17. The molecule has 0 spiro atoms. The Labute approximate surface area is 153 Å². The first-order valence-corrected chi connectivity index (χ1v) is 9.20. The third kappa shape index (κ3) is 4.12. The van der Waals surface area contributed by atoms with Crippen LogP contribution in [0.25, 0.3) is 0 Å². The maximum absolute atomic E-state index is 12.7. The Morgan fingerprint density at radius 1 is 1.31 bits per heavy atom. The van der Waals surface area contributed by atoms with Crippen LogP contribution in [0.1, 0.15) is 52.0 Å². The van der Waals surface area contributed by atoms with Gasteiger partial charge in [-0.3, -0.25) is 14.4 Å². The third-order valence-corrected chi connectivity index (χ3v) is 5.26. The van der Waals surface area contributed by atoms with E-state index in [0.29, 0.717) is 30.1 Å². The molecular formula is C20H25N3O3. The summed E-state index contributed by atoms with van der Waals surface area (Å²) in [7, 11) is 0. The number of carbonyl (C=O) groups excluding carboxylic acids is 3. The molecule has 1 unspecified atom stereocenters. The van der Waals surface area contributed by atoms with Crippen molar-refractivity contribution in [3.63, 3.8) is 0 Å². The standard InChI is InChI=1S/C20H25N3O3/c1-2-18(24)22-12-17(14-5-3-4-6-14)23-19(25)15-8-7-13-9-10-21-20(26)16(13)11-15/h2,7-8,11,14,17H,1,3-6,9-10,12H2,(H,21,26)(H,22,24)(H,23,25). The average Bonchev–Trinajstić information content (AvgIpc) is 3.19. The Kier molecular flexibility index (Phi) is 5.71. The molecule has 1 aromatic carbocycles. The number of fused-ring (bicyclic) bond motifs is 1. The number of hydrogen-bond acceptors (Lipinski definition) is 3. The molecule has 26 heavy (non-hydrogen) atoms. The van der Waals surface area contributed by atoms with Gasteiger partial charge in [0.25, 0.3) is 11.8 Å². The van der Waals surface area contributed by atoms with E-state index in [1.54, 1.807) is 12.1 Å². The summed E-state index contributed by atoms with van der Waals surface area (Å²) in [5, 5.41) is 8.65. The SMILES string of the molecule is C=CC(=O)NCC(NC(=O)c1ccc2c(c1)C(=O)NCC2)C1CCCC1. The molecule has 1 heterocycles. The number of rotatable bonds is 6. The van der Waals surface area contributed by atoms with Crippen molar-refractivity contribution in [3.8, 4) is 0 Å². The summed E-state index contributed by atoms with van der Waals surface area (Å²) in [6.45, 7) is 4.47. The van der Waals surface area contributed by atoms with Crippen molar-refractivity contribution in [3.05, 3.63) is 47.5 Å². The van der Waals surface area contributed by atoms with Crippen molar-refractivity contribution < 1.29 is 14.4 Å². The molecular weight excluding hydrogens is 330 g/mol. The molecule has 0 aromatic heterocycles. The van der Waals surface area contributed by atoms with E-state index in [-0.39, 0.29) is 23.8 Å². The van der Waals surface area contributed by atoms with Crippen LogP contribution in [-0.2, 0) is 11.2 Å². The summed E-state index contributed by atoms with van der Waals surface area (Å²) in [5.74, 6) is -0.236. The van der Waals surface area contributed by atoms with Gasteiger partial charge in [-0.15, -0.1) is 0 Å². The summed E-state index contributed by atoms with van der Waals surface area (Å²) in [6, 6.07) is 5.15. The summed E-state index contributed by atoms with van der Waals surface area (Å²) in [6.07, 6.45) is 6.39. The molecule has 138 valence electrons. The molecule has 1 aliphatic heterocycles. The van der Waals surface area contributed by atoms with Gasteiger partial charge in [-0.2, -0.15) is 0 Å². The smallest absolute Gasteiger partial charge is 0.251 e.